The summed E-state index contributed by atoms with van der Waals surface area (Å²) in [7, 11) is 3.95. The van der Waals surface area contributed by atoms with Gasteiger partial charge in [-0.15, -0.1) is 6.58 Å². The Morgan fingerprint density at radius 3 is 2.60 bits per heavy atom. The van der Waals surface area contributed by atoms with Crippen molar-refractivity contribution in [1.29, 1.82) is 0 Å². The smallest absolute Gasteiger partial charge is 0.266 e. The highest BCUT2D eigenvalue weighted by Gasteiger charge is 2.53. The lowest BCUT2D eigenvalue weighted by molar-refractivity contribution is -0.129. The van der Waals surface area contributed by atoms with Crippen LogP contribution in [0.4, 0.5) is 11.4 Å². The van der Waals surface area contributed by atoms with E-state index < -0.39 is 17.6 Å². The van der Waals surface area contributed by atoms with Crippen LogP contribution in [0.1, 0.15) is 35.6 Å². The standard InChI is InChI=1S/C31H35N7O4/c1-4-18-31(30(40)36-33-21-22-10-14-24(15-11-22)38(2)3)28(26-8-5-6-9-27(26)35-37-32)42-29(34-31)23-12-16-25(17-13-23)41-20-7-19-39/h4-6,8-17,28,33,39H,1,7,18-21H2,2-3H3,(H,36,40)/t28-,31-/m0/s1. The summed E-state index contributed by atoms with van der Waals surface area (Å²) < 4.78 is 12.0. The molecular weight excluding hydrogens is 534 g/mol. The molecule has 0 saturated heterocycles. The zero-order valence-electron chi connectivity index (χ0n) is 23.7. The number of azide groups is 1. The summed E-state index contributed by atoms with van der Waals surface area (Å²) >= 11 is 0. The molecule has 0 spiro atoms. The van der Waals surface area contributed by atoms with Crippen molar-refractivity contribution in [3.8, 4) is 5.75 Å². The number of aliphatic imine (C=N–C) groups is 1. The Hall–Kier alpha value is -4.83. The molecule has 3 aromatic rings. The van der Waals surface area contributed by atoms with Gasteiger partial charge < -0.3 is 19.5 Å². The summed E-state index contributed by atoms with van der Waals surface area (Å²) in [6.45, 7) is 4.71. The molecule has 3 aromatic carbocycles. The first-order valence-electron chi connectivity index (χ1n) is 13.6. The van der Waals surface area contributed by atoms with Crippen molar-refractivity contribution in [1.82, 2.24) is 10.9 Å². The van der Waals surface area contributed by atoms with Gasteiger partial charge in [-0.05, 0) is 47.5 Å². The topological polar surface area (TPSA) is 144 Å². The molecular formula is C31H35N7O4. The van der Waals surface area contributed by atoms with E-state index in [1.54, 1.807) is 54.6 Å². The lowest BCUT2D eigenvalue weighted by atomic mass is 9.84. The van der Waals surface area contributed by atoms with Crippen LogP contribution in [-0.4, -0.2) is 49.8 Å². The van der Waals surface area contributed by atoms with Crippen LogP contribution >= 0.6 is 0 Å². The van der Waals surface area contributed by atoms with E-state index in [0.29, 0.717) is 42.1 Å². The Labute approximate surface area is 245 Å². The van der Waals surface area contributed by atoms with E-state index in [4.69, 9.17) is 19.6 Å². The van der Waals surface area contributed by atoms with Crippen LogP contribution in [-0.2, 0) is 16.1 Å². The number of anilines is 1. The molecule has 1 aliphatic heterocycles. The van der Waals surface area contributed by atoms with Gasteiger partial charge in [0.2, 0.25) is 5.90 Å². The van der Waals surface area contributed by atoms with Gasteiger partial charge in [-0.25, -0.2) is 10.4 Å². The molecule has 1 amide bonds. The lowest BCUT2D eigenvalue weighted by Crippen LogP contribution is -2.52. The number of aliphatic hydroxyl groups excluding tert-OH is 1. The van der Waals surface area contributed by atoms with Crippen molar-refractivity contribution < 1.29 is 19.4 Å². The fourth-order valence-electron chi connectivity index (χ4n) is 4.61. The van der Waals surface area contributed by atoms with E-state index in [1.807, 2.05) is 43.3 Å². The highest BCUT2D eigenvalue weighted by Crippen LogP contribution is 2.45. The number of hydrazine groups is 1. The predicted molar refractivity (Wildman–Crippen MR) is 163 cm³/mol. The number of aliphatic hydroxyl groups is 1. The lowest BCUT2D eigenvalue weighted by Gasteiger charge is -2.30. The van der Waals surface area contributed by atoms with Gasteiger partial charge in [0.15, 0.2) is 11.6 Å². The van der Waals surface area contributed by atoms with Gasteiger partial charge in [-0.2, -0.15) is 0 Å². The maximum Gasteiger partial charge on any atom is 0.266 e. The van der Waals surface area contributed by atoms with Gasteiger partial charge >= 0.3 is 0 Å². The molecule has 42 heavy (non-hydrogen) atoms. The van der Waals surface area contributed by atoms with Crippen LogP contribution in [0.15, 0.2) is 95.6 Å². The third-order valence-corrected chi connectivity index (χ3v) is 6.80. The zero-order chi connectivity index (χ0) is 30.0. The number of carbonyl (C=O) groups excluding carboxylic acids is 1. The highest BCUT2D eigenvalue weighted by atomic mass is 16.5. The number of ether oxygens (including phenoxy) is 2. The van der Waals surface area contributed by atoms with Gasteiger partial charge in [0.05, 0.1) is 6.61 Å². The molecule has 3 N–H and O–H groups in total. The molecule has 0 saturated carbocycles. The van der Waals surface area contributed by atoms with E-state index in [-0.39, 0.29) is 18.9 Å². The van der Waals surface area contributed by atoms with Gasteiger partial charge in [0.25, 0.3) is 5.91 Å². The average Bonchev–Trinajstić information content (AvgIpc) is 3.39. The Bertz CT molecular complexity index is 1450. The number of amides is 1. The molecule has 4 rings (SSSR count). The van der Waals surface area contributed by atoms with Crippen LogP contribution in [0.25, 0.3) is 10.4 Å². The Morgan fingerprint density at radius 1 is 1.19 bits per heavy atom. The molecule has 0 bridgehead atoms. The second-order valence-corrected chi connectivity index (χ2v) is 9.90. The van der Waals surface area contributed by atoms with Crippen molar-refractivity contribution >= 4 is 23.2 Å². The summed E-state index contributed by atoms with van der Waals surface area (Å²) in [5.74, 6) is 0.467. The largest absolute Gasteiger partial charge is 0.494 e. The Balaban J connectivity index is 1.64. The van der Waals surface area contributed by atoms with Crippen molar-refractivity contribution in [2.24, 2.45) is 10.1 Å². The summed E-state index contributed by atoms with van der Waals surface area (Å²) in [5.41, 5.74) is 17.1. The zero-order valence-corrected chi connectivity index (χ0v) is 23.7. The van der Waals surface area contributed by atoms with Gasteiger partial charge in [-0.1, -0.05) is 47.6 Å². The van der Waals surface area contributed by atoms with Crippen LogP contribution in [0.3, 0.4) is 0 Å². The van der Waals surface area contributed by atoms with Crippen molar-refractivity contribution in [2.45, 2.75) is 31.0 Å². The van der Waals surface area contributed by atoms with E-state index in [1.165, 1.54) is 0 Å². The van der Waals surface area contributed by atoms with Gasteiger partial charge in [0, 0.05) is 67.5 Å². The van der Waals surface area contributed by atoms with Crippen molar-refractivity contribution in [3.05, 3.63) is 113 Å². The minimum absolute atomic E-state index is 0.0481. The monoisotopic (exact) mass is 569 g/mol. The number of nitrogens with zero attached hydrogens (tertiary/aromatic N) is 5. The maximum absolute atomic E-state index is 14.0. The van der Waals surface area contributed by atoms with Crippen molar-refractivity contribution in [3.63, 3.8) is 0 Å². The number of rotatable bonds is 14. The fraction of sp³-hybridized carbons (Fsp3) is 0.290. The molecule has 1 aliphatic rings. The molecule has 11 heteroatoms. The van der Waals surface area contributed by atoms with Crippen LogP contribution < -0.4 is 20.5 Å². The molecule has 218 valence electrons. The summed E-state index contributed by atoms with van der Waals surface area (Å²) in [4.78, 5) is 23.8. The number of benzene rings is 3. The molecule has 0 fully saturated rings. The quantitative estimate of drug-likeness (QED) is 0.0615. The van der Waals surface area contributed by atoms with E-state index in [2.05, 4.69) is 27.5 Å². The summed E-state index contributed by atoms with van der Waals surface area (Å²) in [6, 6.07) is 22.1. The number of carbonyl (C=O) groups is 1. The molecule has 1 heterocycles. The Kier molecular flexibility index (Phi) is 10.2. The van der Waals surface area contributed by atoms with Crippen LogP contribution in [0, 0.1) is 0 Å². The van der Waals surface area contributed by atoms with E-state index >= 15 is 0 Å². The third-order valence-electron chi connectivity index (χ3n) is 6.80. The first-order valence-corrected chi connectivity index (χ1v) is 13.6. The van der Waals surface area contributed by atoms with Gasteiger partial charge in [-0.3, -0.25) is 10.2 Å². The highest BCUT2D eigenvalue weighted by molar-refractivity contribution is 6.01. The number of hydrogen-bond acceptors (Lipinski definition) is 8. The maximum atomic E-state index is 14.0. The molecule has 0 radical (unpaired) electrons. The average molecular weight is 570 g/mol. The predicted octanol–water partition coefficient (Wildman–Crippen LogP) is 5.11. The van der Waals surface area contributed by atoms with Crippen LogP contribution in [0.2, 0.25) is 0 Å². The normalized spacial score (nSPS) is 17.4. The van der Waals surface area contributed by atoms with Crippen LogP contribution in [0.5, 0.6) is 5.75 Å². The molecule has 0 unspecified atom stereocenters. The Morgan fingerprint density at radius 2 is 1.93 bits per heavy atom. The van der Waals surface area contributed by atoms with E-state index in [9.17, 15) is 10.3 Å². The fourth-order valence-corrected chi connectivity index (χ4v) is 4.61. The third kappa shape index (κ3) is 6.90. The first kappa shape index (κ1) is 30.1. The minimum atomic E-state index is -1.45. The second-order valence-electron chi connectivity index (χ2n) is 9.90. The second kappa shape index (κ2) is 14.2. The molecule has 0 aliphatic carbocycles. The van der Waals surface area contributed by atoms with Gasteiger partial charge in [0.1, 0.15) is 5.75 Å². The number of nitrogens with one attached hydrogen (secondary N) is 2. The van der Waals surface area contributed by atoms with Crippen molar-refractivity contribution in [2.75, 3.05) is 32.2 Å². The molecule has 2 atom stereocenters. The summed E-state index contributed by atoms with van der Waals surface area (Å²) in [6.07, 6.45) is 1.39. The SMILES string of the molecule is C=CC[C@]1(C(=O)NNCc2ccc(N(C)C)cc2)N=C(c2ccc(OCCCO)cc2)O[C@H]1c1ccccc1N=[N+]=[N-]. The molecule has 0 aromatic heterocycles. The minimum Gasteiger partial charge on any atom is -0.494 e. The number of hydrogen-bond donors (Lipinski definition) is 3. The summed E-state index contributed by atoms with van der Waals surface area (Å²) in [5, 5.41) is 12.8. The molecule has 11 nitrogen and oxygen atoms in total. The van der Waals surface area contributed by atoms with E-state index in [0.717, 1.165) is 11.3 Å². The first-order chi connectivity index (χ1) is 20.4.